The third-order valence-electron chi connectivity index (χ3n) is 1.99. The van der Waals surface area contributed by atoms with Gasteiger partial charge in [0, 0.05) is 12.1 Å². The molecule has 1 aromatic rings. The summed E-state index contributed by atoms with van der Waals surface area (Å²) in [7, 11) is 0. The van der Waals surface area contributed by atoms with Crippen LogP contribution in [0.5, 0.6) is 5.75 Å². The highest BCUT2D eigenvalue weighted by Gasteiger charge is 2.34. The second-order valence-electron chi connectivity index (χ2n) is 2.88. The number of primary amides is 1. The molecule has 1 atom stereocenters. The summed E-state index contributed by atoms with van der Waals surface area (Å²) in [5.74, 6) is -0.169. The second-order valence-corrected chi connectivity index (χ2v) is 2.88. The Morgan fingerprint density at radius 2 is 2.29 bits per heavy atom. The molecule has 72 valence electrons. The Kier molecular flexibility index (Phi) is 1.63. The Bertz CT molecular complexity index is 429. The first-order valence-electron chi connectivity index (χ1n) is 3.84. The van der Waals surface area contributed by atoms with Crippen LogP contribution in [0.3, 0.4) is 0 Å². The van der Waals surface area contributed by atoms with Crippen molar-refractivity contribution in [3.05, 3.63) is 33.9 Å². The third-order valence-corrected chi connectivity index (χ3v) is 1.99. The number of rotatable bonds is 2. The lowest BCUT2D eigenvalue weighted by molar-refractivity contribution is -0.385. The number of nitrogens with zero attached hydrogens (tertiary/aromatic N) is 1. The molecule has 14 heavy (non-hydrogen) atoms. The molecular weight excluding hydrogens is 188 g/mol. The minimum atomic E-state index is -0.843. The highest BCUT2D eigenvalue weighted by atomic mass is 16.6. The molecule has 2 rings (SSSR count). The van der Waals surface area contributed by atoms with Gasteiger partial charge < -0.3 is 10.5 Å². The summed E-state index contributed by atoms with van der Waals surface area (Å²) in [6.45, 7) is 0. The summed E-state index contributed by atoms with van der Waals surface area (Å²) >= 11 is 0. The van der Waals surface area contributed by atoms with E-state index < -0.39 is 16.9 Å². The van der Waals surface area contributed by atoms with Crippen molar-refractivity contribution >= 4 is 11.6 Å². The van der Waals surface area contributed by atoms with Crippen LogP contribution < -0.4 is 10.5 Å². The van der Waals surface area contributed by atoms with Gasteiger partial charge in [0.1, 0.15) is 5.75 Å². The number of nitrogens with two attached hydrogens (primary N) is 1. The number of fused-ring (bicyclic) bond motifs is 1. The fourth-order valence-corrected chi connectivity index (χ4v) is 1.31. The van der Waals surface area contributed by atoms with Gasteiger partial charge in [-0.2, -0.15) is 0 Å². The van der Waals surface area contributed by atoms with Gasteiger partial charge in [-0.25, -0.2) is 0 Å². The number of non-ortho nitro benzene ring substituents is 1. The first-order chi connectivity index (χ1) is 6.59. The molecule has 0 saturated carbocycles. The first-order valence-corrected chi connectivity index (χ1v) is 3.84. The van der Waals surface area contributed by atoms with E-state index in [2.05, 4.69) is 0 Å². The number of nitro benzene ring substituents is 1. The number of hydrogen-bond donors (Lipinski definition) is 1. The smallest absolute Gasteiger partial charge is 0.270 e. The molecule has 0 radical (unpaired) electrons. The van der Waals surface area contributed by atoms with Crippen LogP contribution in [-0.2, 0) is 4.79 Å². The molecule has 6 heteroatoms. The molecule has 0 aliphatic carbocycles. The van der Waals surface area contributed by atoms with Gasteiger partial charge in [-0.1, -0.05) is 0 Å². The van der Waals surface area contributed by atoms with Gasteiger partial charge in [0.2, 0.25) is 6.10 Å². The summed E-state index contributed by atoms with van der Waals surface area (Å²) in [6.07, 6.45) is -0.843. The summed E-state index contributed by atoms with van der Waals surface area (Å²) in [5, 5.41) is 10.4. The molecule has 6 nitrogen and oxygen atoms in total. The van der Waals surface area contributed by atoms with Crippen LogP contribution in [0.2, 0.25) is 0 Å². The zero-order valence-corrected chi connectivity index (χ0v) is 6.97. The zero-order valence-electron chi connectivity index (χ0n) is 6.97. The second kappa shape index (κ2) is 2.69. The maximum atomic E-state index is 10.8. The summed E-state index contributed by atoms with van der Waals surface area (Å²) in [5.41, 5.74) is 5.41. The molecule has 2 N–H and O–H groups in total. The fraction of sp³-hybridized carbons (Fsp3) is 0.125. The highest BCUT2D eigenvalue weighted by molar-refractivity contribution is 5.84. The van der Waals surface area contributed by atoms with Crippen LogP contribution in [0.1, 0.15) is 11.7 Å². The van der Waals surface area contributed by atoms with Crippen molar-refractivity contribution in [2.24, 2.45) is 5.73 Å². The number of carbonyl (C=O) groups is 1. The lowest BCUT2D eigenvalue weighted by atomic mass is 10.0. The molecule has 1 heterocycles. The highest BCUT2D eigenvalue weighted by Crippen LogP contribution is 2.40. The van der Waals surface area contributed by atoms with Crippen molar-refractivity contribution in [1.82, 2.24) is 0 Å². The Labute approximate surface area is 78.4 Å². The van der Waals surface area contributed by atoms with E-state index in [9.17, 15) is 14.9 Å². The maximum absolute atomic E-state index is 10.8. The SMILES string of the molecule is NC(=O)C1Oc2ccc([N+](=O)[O-])cc21. The van der Waals surface area contributed by atoms with Crippen molar-refractivity contribution in [2.45, 2.75) is 6.10 Å². The molecule has 0 fully saturated rings. The molecule has 1 aromatic carbocycles. The number of benzene rings is 1. The molecular formula is C8H6N2O4. The number of amides is 1. The van der Waals surface area contributed by atoms with E-state index in [4.69, 9.17) is 10.5 Å². The molecule has 0 aromatic heterocycles. The Hall–Kier alpha value is -2.11. The van der Waals surface area contributed by atoms with Gasteiger partial charge in [0.15, 0.2) is 0 Å². The van der Waals surface area contributed by atoms with Crippen LogP contribution in [-0.4, -0.2) is 10.8 Å². The molecule has 1 amide bonds. The van der Waals surface area contributed by atoms with E-state index in [-0.39, 0.29) is 5.69 Å². The van der Waals surface area contributed by atoms with Crippen LogP contribution >= 0.6 is 0 Å². The van der Waals surface area contributed by atoms with Gasteiger partial charge in [0.05, 0.1) is 10.5 Å². The monoisotopic (exact) mass is 194 g/mol. The minimum absolute atomic E-state index is 0.0710. The molecule has 0 bridgehead atoms. The van der Waals surface area contributed by atoms with Crippen LogP contribution in [0, 0.1) is 10.1 Å². The quantitative estimate of drug-likeness (QED) is 0.548. The summed E-state index contributed by atoms with van der Waals surface area (Å²) < 4.78 is 4.98. The van der Waals surface area contributed by atoms with Crippen molar-refractivity contribution < 1.29 is 14.5 Å². The average Bonchev–Trinajstić information content (AvgIpc) is 2.05. The fourth-order valence-electron chi connectivity index (χ4n) is 1.31. The standard InChI is InChI=1S/C8H6N2O4/c9-8(11)7-5-3-4(10(12)13)1-2-6(5)14-7/h1-3,7H,(H2,9,11). The molecule has 1 unspecified atom stereocenters. The van der Waals surface area contributed by atoms with Crippen molar-refractivity contribution in [3.8, 4) is 5.75 Å². The lowest BCUT2D eigenvalue weighted by Crippen LogP contribution is -2.32. The Morgan fingerprint density at radius 3 is 2.86 bits per heavy atom. The zero-order chi connectivity index (χ0) is 10.3. The molecule has 0 spiro atoms. The van der Waals surface area contributed by atoms with Crippen LogP contribution in [0.25, 0.3) is 0 Å². The van der Waals surface area contributed by atoms with Gasteiger partial charge >= 0.3 is 0 Å². The van der Waals surface area contributed by atoms with Crippen LogP contribution in [0.4, 0.5) is 5.69 Å². The van der Waals surface area contributed by atoms with Gasteiger partial charge in [-0.3, -0.25) is 14.9 Å². The molecule has 1 aliphatic rings. The lowest BCUT2D eigenvalue weighted by Gasteiger charge is -2.27. The summed E-state index contributed by atoms with van der Waals surface area (Å²) in [6, 6.07) is 4.07. The number of ether oxygens (including phenoxy) is 1. The predicted octanol–water partition coefficient (Wildman–Crippen LogP) is 0.514. The topological polar surface area (TPSA) is 95.5 Å². The predicted molar refractivity (Wildman–Crippen MR) is 45.7 cm³/mol. The first kappa shape index (κ1) is 8.49. The van der Waals surface area contributed by atoms with E-state index in [1.807, 2.05) is 0 Å². The third kappa shape index (κ3) is 1.08. The molecule has 0 saturated heterocycles. The van der Waals surface area contributed by atoms with E-state index >= 15 is 0 Å². The average molecular weight is 194 g/mol. The van der Waals surface area contributed by atoms with Crippen molar-refractivity contribution in [3.63, 3.8) is 0 Å². The van der Waals surface area contributed by atoms with Crippen molar-refractivity contribution in [2.75, 3.05) is 0 Å². The molecule has 1 aliphatic heterocycles. The van der Waals surface area contributed by atoms with E-state index in [1.165, 1.54) is 18.2 Å². The van der Waals surface area contributed by atoms with E-state index in [1.54, 1.807) is 0 Å². The van der Waals surface area contributed by atoms with E-state index in [0.29, 0.717) is 11.3 Å². The van der Waals surface area contributed by atoms with Crippen LogP contribution in [0.15, 0.2) is 18.2 Å². The van der Waals surface area contributed by atoms with Gasteiger partial charge in [-0.15, -0.1) is 0 Å². The normalized spacial score (nSPS) is 17.6. The number of nitro groups is 1. The van der Waals surface area contributed by atoms with Crippen molar-refractivity contribution in [1.29, 1.82) is 0 Å². The van der Waals surface area contributed by atoms with E-state index in [0.717, 1.165) is 0 Å². The van der Waals surface area contributed by atoms with Gasteiger partial charge in [0.25, 0.3) is 11.6 Å². The largest absolute Gasteiger partial charge is 0.475 e. The number of hydrogen-bond acceptors (Lipinski definition) is 4. The van der Waals surface area contributed by atoms with Gasteiger partial charge in [-0.05, 0) is 6.07 Å². The maximum Gasteiger partial charge on any atom is 0.270 e. The Morgan fingerprint density at radius 1 is 1.57 bits per heavy atom. The number of carbonyl (C=O) groups excluding carboxylic acids is 1. The Balaban J connectivity index is 2.39. The minimum Gasteiger partial charge on any atom is -0.475 e. The summed E-state index contributed by atoms with van der Waals surface area (Å²) in [4.78, 5) is 20.6.